The molecule has 1 atom stereocenters. The van der Waals surface area contributed by atoms with Crippen LogP contribution in [0.25, 0.3) is 0 Å². The van der Waals surface area contributed by atoms with Gasteiger partial charge < -0.3 is 9.53 Å². The maximum Gasteiger partial charge on any atom is 0.155 e. The van der Waals surface area contributed by atoms with E-state index in [1.54, 1.807) is 24.3 Å². The maximum absolute atomic E-state index is 11.7. The molecule has 0 aliphatic heterocycles. The highest BCUT2D eigenvalue weighted by molar-refractivity contribution is 7.90. The second kappa shape index (κ2) is 5.82. The van der Waals surface area contributed by atoms with Crippen LogP contribution in [0.15, 0.2) is 24.3 Å². The molecule has 0 saturated heterocycles. The molecule has 0 aliphatic carbocycles. The number of methoxy groups -OCH3 is 1. The Hall–Kier alpha value is -1.36. The topological polar surface area (TPSA) is 60.4 Å². The van der Waals surface area contributed by atoms with Gasteiger partial charge in [0.05, 0.1) is 18.6 Å². The molecule has 0 spiro atoms. The Morgan fingerprint density at radius 1 is 1.41 bits per heavy atom. The van der Waals surface area contributed by atoms with Crippen LogP contribution in [0.2, 0.25) is 0 Å². The van der Waals surface area contributed by atoms with Crippen molar-refractivity contribution in [2.24, 2.45) is 5.92 Å². The summed E-state index contributed by atoms with van der Waals surface area (Å²) in [6.07, 6.45) is 0.430. The molecule has 0 heterocycles. The van der Waals surface area contributed by atoms with Crippen LogP contribution >= 0.6 is 0 Å². The van der Waals surface area contributed by atoms with E-state index in [0.29, 0.717) is 17.6 Å². The molecule has 17 heavy (non-hydrogen) atoms. The smallest absolute Gasteiger partial charge is 0.155 e. The number of hydrogen-bond donors (Lipinski definition) is 0. The quantitative estimate of drug-likeness (QED) is 0.714. The van der Waals surface area contributed by atoms with E-state index in [1.165, 1.54) is 7.11 Å². The average Bonchev–Trinajstić information content (AvgIpc) is 2.28. The molecule has 0 bridgehead atoms. The molecule has 0 fully saturated rings. The van der Waals surface area contributed by atoms with Crippen LogP contribution in [0.3, 0.4) is 0 Å². The Kier molecular flexibility index (Phi) is 4.69. The van der Waals surface area contributed by atoms with Gasteiger partial charge >= 0.3 is 0 Å². The van der Waals surface area contributed by atoms with Gasteiger partial charge in [-0.25, -0.2) is 8.42 Å². The molecule has 1 rings (SSSR count). The van der Waals surface area contributed by atoms with Crippen molar-refractivity contribution in [2.45, 2.75) is 5.75 Å². The summed E-state index contributed by atoms with van der Waals surface area (Å²) in [5.74, 6) is -1.00. The molecule has 1 aromatic rings. The number of hydrogen-bond acceptors (Lipinski definition) is 4. The van der Waals surface area contributed by atoms with E-state index in [4.69, 9.17) is 11.7 Å². The van der Waals surface area contributed by atoms with Crippen molar-refractivity contribution >= 4 is 16.1 Å². The van der Waals surface area contributed by atoms with Gasteiger partial charge in [-0.15, -0.1) is 0 Å². The van der Waals surface area contributed by atoms with Crippen LogP contribution in [0.4, 0.5) is 0 Å². The van der Waals surface area contributed by atoms with Gasteiger partial charge in [0.25, 0.3) is 0 Å². The van der Waals surface area contributed by atoms with Crippen LogP contribution in [-0.4, -0.2) is 27.6 Å². The molecule has 0 unspecified atom stereocenters. The minimum absolute atomic E-state index is 0.182. The summed E-state index contributed by atoms with van der Waals surface area (Å²) >= 11 is 0. The summed E-state index contributed by atoms with van der Waals surface area (Å²) in [4.78, 5) is 10.3. The van der Waals surface area contributed by atoms with Crippen molar-refractivity contribution in [3.63, 3.8) is 0 Å². The molecule has 0 N–H and O–H groups in total. The molecule has 4 nitrogen and oxygen atoms in total. The second-order valence-electron chi connectivity index (χ2n) is 3.67. The number of rotatable bonds is 6. The number of sulfone groups is 1. The normalized spacial score (nSPS) is 13.1. The first kappa shape index (κ1) is 13.7. The second-order valence-corrected chi connectivity index (χ2v) is 5.78. The Morgan fingerprint density at radius 2 is 2.06 bits per heavy atom. The number of aldehydes is 1. The molecule has 1 aromatic carbocycles. The van der Waals surface area contributed by atoms with Gasteiger partial charge in [0, 0.05) is 11.5 Å². The SMILES string of the molecule is [CH][C@H](C=O)CS(=O)(=O)Cc1ccccc1OC. The lowest BCUT2D eigenvalue weighted by Crippen LogP contribution is -2.17. The van der Waals surface area contributed by atoms with E-state index in [-0.39, 0.29) is 11.5 Å². The highest BCUT2D eigenvalue weighted by Crippen LogP contribution is 2.20. The van der Waals surface area contributed by atoms with Crippen LogP contribution in [-0.2, 0) is 20.4 Å². The lowest BCUT2D eigenvalue weighted by molar-refractivity contribution is -0.109. The minimum atomic E-state index is -3.41. The third-order valence-corrected chi connectivity index (χ3v) is 3.83. The van der Waals surface area contributed by atoms with E-state index in [9.17, 15) is 13.2 Å². The fourth-order valence-electron chi connectivity index (χ4n) is 1.45. The van der Waals surface area contributed by atoms with Crippen molar-refractivity contribution in [3.05, 3.63) is 36.8 Å². The number of para-hydroxylation sites is 1. The Balaban J connectivity index is 2.86. The molecule has 0 amide bonds. The van der Waals surface area contributed by atoms with Gasteiger partial charge in [-0.3, -0.25) is 0 Å². The van der Waals surface area contributed by atoms with Crippen molar-refractivity contribution in [1.29, 1.82) is 0 Å². The van der Waals surface area contributed by atoms with Gasteiger partial charge in [0.15, 0.2) is 9.84 Å². The Labute approximate surface area is 102 Å². The van der Waals surface area contributed by atoms with Crippen LogP contribution in [0.1, 0.15) is 5.56 Å². The predicted octanol–water partition coefficient (Wildman–Crippen LogP) is 1.14. The number of ether oxygens (including phenoxy) is 1. The summed E-state index contributed by atoms with van der Waals surface area (Å²) in [5, 5.41) is 0. The third kappa shape index (κ3) is 4.19. The summed E-state index contributed by atoms with van der Waals surface area (Å²) in [6, 6.07) is 6.84. The summed E-state index contributed by atoms with van der Waals surface area (Å²) < 4.78 is 28.5. The molecular weight excluding hydrogens is 240 g/mol. The molecule has 0 aliphatic rings. The lowest BCUT2D eigenvalue weighted by atomic mass is 10.2. The van der Waals surface area contributed by atoms with Gasteiger partial charge in [-0.1, -0.05) is 18.2 Å². The molecule has 0 saturated carbocycles. The zero-order valence-corrected chi connectivity index (χ0v) is 10.3. The van der Waals surface area contributed by atoms with E-state index < -0.39 is 15.8 Å². The first-order chi connectivity index (χ1) is 7.98. The third-order valence-electron chi connectivity index (χ3n) is 2.19. The fraction of sp³-hybridized carbons (Fsp3) is 0.333. The van der Waals surface area contributed by atoms with Crippen molar-refractivity contribution in [3.8, 4) is 5.75 Å². The standard InChI is InChI=1S/C12H14O4S/c1-10(7-13)8-17(14,15)9-11-5-3-4-6-12(11)16-2/h1,3-7,10H,8-9H2,2H3/t10-/m1/s1. The van der Waals surface area contributed by atoms with E-state index in [1.807, 2.05) is 0 Å². The van der Waals surface area contributed by atoms with Gasteiger partial charge in [0.2, 0.25) is 0 Å². The number of benzene rings is 1. The largest absolute Gasteiger partial charge is 0.496 e. The Bertz CT molecular complexity index is 479. The van der Waals surface area contributed by atoms with E-state index in [0.717, 1.165) is 0 Å². The van der Waals surface area contributed by atoms with E-state index >= 15 is 0 Å². The molecule has 2 radical (unpaired) electrons. The molecule has 5 heteroatoms. The number of carbonyl (C=O) groups excluding carboxylic acids is 1. The van der Waals surface area contributed by atoms with Crippen LogP contribution < -0.4 is 4.74 Å². The average molecular weight is 254 g/mol. The van der Waals surface area contributed by atoms with Gasteiger partial charge in [0.1, 0.15) is 12.0 Å². The zero-order chi connectivity index (χ0) is 12.9. The van der Waals surface area contributed by atoms with E-state index in [2.05, 4.69) is 0 Å². The molecular formula is C12H14O4S. The monoisotopic (exact) mass is 254 g/mol. The first-order valence-corrected chi connectivity index (χ1v) is 6.84. The minimum Gasteiger partial charge on any atom is -0.496 e. The van der Waals surface area contributed by atoms with Gasteiger partial charge in [-0.05, 0) is 13.0 Å². The van der Waals surface area contributed by atoms with Gasteiger partial charge in [-0.2, -0.15) is 0 Å². The van der Waals surface area contributed by atoms with Crippen LogP contribution in [0.5, 0.6) is 5.75 Å². The fourth-order valence-corrected chi connectivity index (χ4v) is 2.95. The van der Waals surface area contributed by atoms with Crippen molar-refractivity contribution in [2.75, 3.05) is 12.9 Å². The predicted molar refractivity (Wildman–Crippen MR) is 64.3 cm³/mol. The van der Waals surface area contributed by atoms with Crippen LogP contribution in [0, 0.1) is 12.8 Å². The summed E-state index contributed by atoms with van der Waals surface area (Å²) in [7, 11) is -1.94. The molecule has 92 valence electrons. The van der Waals surface area contributed by atoms with Crippen molar-refractivity contribution < 1.29 is 17.9 Å². The number of carbonyl (C=O) groups is 1. The zero-order valence-electron chi connectivity index (χ0n) is 9.50. The summed E-state index contributed by atoms with van der Waals surface area (Å²) in [5.41, 5.74) is 0.563. The summed E-state index contributed by atoms with van der Waals surface area (Å²) in [6.45, 7) is 5.30. The lowest BCUT2D eigenvalue weighted by Gasteiger charge is -2.09. The molecule has 0 aromatic heterocycles. The Morgan fingerprint density at radius 3 is 2.65 bits per heavy atom. The maximum atomic E-state index is 11.7. The van der Waals surface area contributed by atoms with Crippen molar-refractivity contribution in [1.82, 2.24) is 0 Å². The highest BCUT2D eigenvalue weighted by Gasteiger charge is 2.18. The highest BCUT2D eigenvalue weighted by atomic mass is 32.2. The first-order valence-electron chi connectivity index (χ1n) is 5.01.